The van der Waals surface area contributed by atoms with Crippen molar-refractivity contribution >= 4 is 5.97 Å². The number of ether oxygens (including phenoxy) is 1. The van der Waals surface area contributed by atoms with E-state index < -0.39 is 0 Å². The van der Waals surface area contributed by atoms with Gasteiger partial charge in [0.05, 0.1) is 11.7 Å². The number of hydrogen-bond donors (Lipinski definition) is 0. The van der Waals surface area contributed by atoms with E-state index in [1.807, 2.05) is 38.1 Å². The van der Waals surface area contributed by atoms with E-state index in [2.05, 4.69) is 43.0 Å². The Labute approximate surface area is 156 Å². The van der Waals surface area contributed by atoms with Crippen molar-refractivity contribution < 1.29 is 9.53 Å². The lowest BCUT2D eigenvalue weighted by molar-refractivity contribution is 0.0375. The fourth-order valence-electron chi connectivity index (χ4n) is 3.46. The van der Waals surface area contributed by atoms with Crippen LogP contribution in [0.4, 0.5) is 0 Å². The topological polar surface area (TPSA) is 29.5 Å². The fraction of sp³-hybridized carbons (Fsp3) is 0.348. The lowest BCUT2D eigenvalue weighted by Crippen LogP contribution is -2.30. The number of carbonyl (C=O) groups excluding carboxylic acids is 1. The van der Waals surface area contributed by atoms with E-state index in [-0.39, 0.29) is 12.1 Å². The minimum Gasteiger partial charge on any atom is -0.459 e. The van der Waals surface area contributed by atoms with Crippen LogP contribution in [0.5, 0.6) is 0 Å². The van der Waals surface area contributed by atoms with E-state index in [9.17, 15) is 4.79 Å². The number of allylic oxidation sites excluding steroid dienone is 2. The van der Waals surface area contributed by atoms with Crippen LogP contribution in [0.1, 0.15) is 54.7 Å². The predicted molar refractivity (Wildman–Crippen MR) is 105 cm³/mol. The van der Waals surface area contributed by atoms with Crippen LogP contribution in [0.25, 0.3) is 0 Å². The van der Waals surface area contributed by atoms with Gasteiger partial charge in [-0.3, -0.25) is 0 Å². The standard InChI is InChI=1S/C23H27NO2/c1-16(2)22-13-18-9-5-6-10-19(18)14-24(22)15-20-11-7-8-12-21(20)23(25)26-17(3)4/h5-12,17H,13-15H2,1-4H3. The minimum atomic E-state index is -0.244. The lowest BCUT2D eigenvalue weighted by atomic mass is 9.94. The monoisotopic (exact) mass is 349 g/mol. The Bertz CT molecular complexity index is 832. The van der Waals surface area contributed by atoms with Gasteiger partial charge in [-0.1, -0.05) is 48.0 Å². The van der Waals surface area contributed by atoms with Crippen LogP contribution in [0.15, 0.2) is 59.8 Å². The Kier molecular flexibility index (Phi) is 5.46. The summed E-state index contributed by atoms with van der Waals surface area (Å²) in [6.07, 6.45) is 0.822. The third-order valence-corrected chi connectivity index (χ3v) is 4.74. The molecule has 0 aliphatic carbocycles. The molecule has 0 radical (unpaired) electrons. The van der Waals surface area contributed by atoms with Gasteiger partial charge in [-0.05, 0) is 50.5 Å². The van der Waals surface area contributed by atoms with E-state index in [1.165, 1.54) is 22.4 Å². The van der Waals surface area contributed by atoms with E-state index in [0.717, 1.165) is 18.5 Å². The number of benzene rings is 2. The second-order valence-corrected chi connectivity index (χ2v) is 7.36. The van der Waals surface area contributed by atoms with E-state index in [1.54, 1.807) is 0 Å². The number of esters is 1. The fourth-order valence-corrected chi connectivity index (χ4v) is 3.46. The summed E-state index contributed by atoms with van der Waals surface area (Å²) in [7, 11) is 0. The van der Waals surface area contributed by atoms with Gasteiger partial charge in [0.2, 0.25) is 0 Å². The van der Waals surface area contributed by atoms with Crippen molar-refractivity contribution in [2.75, 3.05) is 0 Å². The first-order valence-corrected chi connectivity index (χ1v) is 9.22. The normalized spacial score (nSPS) is 13.6. The molecule has 0 bridgehead atoms. The third kappa shape index (κ3) is 3.98. The smallest absolute Gasteiger partial charge is 0.338 e. The van der Waals surface area contributed by atoms with E-state index in [4.69, 9.17) is 4.74 Å². The molecule has 0 atom stereocenters. The quantitative estimate of drug-likeness (QED) is 0.719. The van der Waals surface area contributed by atoms with Crippen LogP contribution in [0.2, 0.25) is 0 Å². The zero-order chi connectivity index (χ0) is 18.7. The third-order valence-electron chi connectivity index (χ3n) is 4.74. The van der Waals surface area contributed by atoms with Crippen molar-refractivity contribution in [3.63, 3.8) is 0 Å². The molecule has 2 aromatic rings. The highest BCUT2D eigenvalue weighted by Crippen LogP contribution is 2.29. The highest BCUT2D eigenvalue weighted by atomic mass is 16.5. The van der Waals surface area contributed by atoms with Gasteiger partial charge in [0.25, 0.3) is 0 Å². The average Bonchev–Trinajstić information content (AvgIpc) is 2.60. The van der Waals surface area contributed by atoms with Crippen molar-refractivity contribution in [1.29, 1.82) is 0 Å². The summed E-state index contributed by atoms with van der Waals surface area (Å²) in [4.78, 5) is 14.9. The maximum atomic E-state index is 12.5. The number of fused-ring (bicyclic) bond motifs is 1. The van der Waals surface area contributed by atoms with Crippen LogP contribution in [0, 0.1) is 0 Å². The summed E-state index contributed by atoms with van der Waals surface area (Å²) < 4.78 is 5.43. The molecule has 26 heavy (non-hydrogen) atoms. The van der Waals surface area contributed by atoms with Crippen molar-refractivity contribution in [3.8, 4) is 0 Å². The van der Waals surface area contributed by atoms with Crippen molar-refractivity contribution in [2.24, 2.45) is 0 Å². The summed E-state index contributed by atoms with van der Waals surface area (Å²) in [6.45, 7) is 9.65. The SMILES string of the molecule is CC(C)=C1Cc2ccccc2CN1Cc1ccccc1C(=O)OC(C)C. The molecule has 0 fully saturated rings. The maximum Gasteiger partial charge on any atom is 0.338 e. The molecule has 3 rings (SSSR count). The summed E-state index contributed by atoms with van der Waals surface area (Å²) in [5, 5.41) is 0. The molecule has 0 saturated carbocycles. The first-order valence-electron chi connectivity index (χ1n) is 9.22. The minimum absolute atomic E-state index is 0.120. The van der Waals surface area contributed by atoms with E-state index in [0.29, 0.717) is 12.1 Å². The second kappa shape index (κ2) is 7.77. The Balaban J connectivity index is 1.91. The van der Waals surface area contributed by atoms with Gasteiger partial charge in [0.15, 0.2) is 0 Å². The summed E-state index contributed by atoms with van der Waals surface area (Å²) in [5.74, 6) is -0.244. The van der Waals surface area contributed by atoms with Crippen molar-refractivity contribution in [2.45, 2.75) is 53.3 Å². The highest BCUT2D eigenvalue weighted by Gasteiger charge is 2.23. The van der Waals surface area contributed by atoms with Crippen LogP contribution in [-0.4, -0.2) is 17.0 Å². The molecule has 136 valence electrons. The Morgan fingerprint density at radius 1 is 1.04 bits per heavy atom. The molecule has 0 unspecified atom stereocenters. The number of hydrogen-bond acceptors (Lipinski definition) is 3. The highest BCUT2D eigenvalue weighted by molar-refractivity contribution is 5.91. The molecule has 3 nitrogen and oxygen atoms in total. The van der Waals surface area contributed by atoms with E-state index >= 15 is 0 Å². The lowest BCUT2D eigenvalue weighted by Gasteiger charge is -2.35. The molecule has 0 N–H and O–H groups in total. The zero-order valence-electron chi connectivity index (χ0n) is 16.1. The predicted octanol–water partition coefficient (Wildman–Crippen LogP) is 5.10. The molecular formula is C23H27NO2. The summed E-state index contributed by atoms with van der Waals surface area (Å²) in [5.41, 5.74) is 7.09. The van der Waals surface area contributed by atoms with Gasteiger partial charge in [-0.15, -0.1) is 0 Å². The van der Waals surface area contributed by atoms with Crippen LogP contribution < -0.4 is 0 Å². The van der Waals surface area contributed by atoms with Crippen LogP contribution in [0.3, 0.4) is 0 Å². The molecule has 0 saturated heterocycles. The van der Waals surface area contributed by atoms with Gasteiger partial charge in [-0.25, -0.2) is 4.79 Å². The molecule has 0 aromatic heterocycles. The Morgan fingerprint density at radius 3 is 2.38 bits per heavy atom. The second-order valence-electron chi connectivity index (χ2n) is 7.36. The number of carbonyl (C=O) groups is 1. The van der Waals surface area contributed by atoms with Crippen molar-refractivity contribution in [3.05, 3.63) is 82.1 Å². The molecule has 0 amide bonds. The number of nitrogens with zero attached hydrogens (tertiary/aromatic N) is 1. The maximum absolute atomic E-state index is 12.5. The molecule has 1 aliphatic heterocycles. The molecule has 1 aliphatic rings. The van der Waals surface area contributed by atoms with Crippen molar-refractivity contribution in [1.82, 2.24) is 4.90 Å². The molecule has 2 aromatic carbocycles. The molecule has 1 heterocycles. The average molecular weight is 349 g/mol. The first-order chi connectivity index (χ1) is 12.5. The van der Waals surface area contributed by atoms with Gasteiger partial charge in [0.1, 0.15) is 0 Å². The zero-order valence-corrected chi connectivity index (χ0v) is 16.1. The number of rotatable bonds is 4. The van der Waals surface area contributed by atoms with Crippen LogP contribution in [-0.2, 0) is 24.2 Å². The van der Waals surface area contributed by atoms with Gasteiger partial charge in [-0.2, -0.15) is 0 Å². The van der Waals surface area contributed by atoms with Crippen LogP contribution >= 0.6 is 0 Å². The summed E-state index contributed by atoms with van der Waals surface area (Å²) >= 11 is 0. The summed E-state index contributed by atoms with van der Waals surface area (Å²) in [6, 6.07) is 16.4. The van der Waals surface area contributed by atoms with Gasteiger partial charge >= 0.3 is 5.97 Å². The Hall–Kier alpha value is -2.55. The first kappa shape index (κ1) is 18.2. The molecule has 0 spiro atoms. The molecule has 3 heteroatoms. The molecular weight excluding hydrogens is 322 g/mol. The largest absolute Gasteiger partial charge is 0.459 e. The van der Waals surface area contributed by atoms with Gasteiger partial charge < -0.3 is 9.64 Å². The Morgan fingerprint density at radius 2 is 1.69 bits per heavy atom. The van der Waals surface area contributed by atoms with Gasteiger partial charge in [0, 0.05) is 25.2 Å².